The van der Waals surface area contributed by atoms with E-state index in [-0.39, 0.29) is 0 Å². The van der Waals surface area contributed by atoms with Gasteiger partial charge < -0.3 is 9.64 Å². The molecule has 0 bridgehead atoms. The minimum Gasteiger partial charge on any atom is -0.490 e. The Kier molecular flexibility index (Phi) is 5.75. The molecule has 0 N–H and O–H groups in total. The van der Waals surface area contributed by atoms with Crippen LogP contribution in [0, 0.1) is 0 Å². The molecule has 0 amide bonds. The third-order valence-electron chi connectivity index (χ3n) is 5.08. The maximum absolute atomic E-state index is 6.27. The van der Waals surface area contributed by atoms with Crippen molar-refractivity contribution in [1.82, 2.24) is 14.9 Å². The Morgan fingerprint density at radius 1 is 0.926 bits per heavy atom. The molecule has 1 aromatic carbocycles. The lowest BCUT2D eigenvalue weighted by Crippen LogP contribution is -2.39. The smallest absolute Gasteiger partial charge is 0.120 e. The van der Waals surface area contributed by atoms with Gasteiger partial charge in [-0.2, -0.15) is 0 Å². The Labute approximate surface area is 160 Å². The number of pyridine rings is 2. The van der Waals surface area contributed by atoms with Crippen molar-refractivity contribution in [3.63, 3.8) is 0 Å². The highest BCUT2D eigenvalue weighted by Gasteiger charge is 2.20. The largest absolute Gasteiger partial charge is 0.490 e. The van der Waals surface area contributed by atoms with Crippen molar-refractivity contribution in [2.45, 2.75) is 25.4 Å². The summed E-state index contributed by atoms with van der Waals surface area (Å²) in [7, 11) is 0. The predicted octanol–water partition coefficient (Wildman–Crippen LogP) is 4.23. The molecule has 1 saturated heterocycles. The van der Waals surface area contributed by atoms with E-state index in [4.69, 9.17) is 4.74 Å². The third-order valence-corrected chi connectivity index (χ3v) is 5.08. The highest BCUT2D eigenvalue weighted by atomic mass is 16.5. The Bertz CT molecular complexity index is 831. The normalized spacial score (nSPS) is 15.6. The van der Waals surface area contributed by atoms with Crippen LogP contribution < -0.4 is 4.74 Å². The first-order valence-corrected chi connectivity index (χ1v) is 9.66. The lowest BCUT2D eigenvalue weighted by Gasteiger charge is -2.32. The van der Waals surface area contributed by atoms with E-state index in [9.17, 15) is 0 Å². The van der Waals surface area contributed by atoms with Crippen LogP contribution in [0.25, 0.3) is 11.1 Å². The van der Waals surface area contributed by atoms with Crippen LogP contribution in [0.15, 0.2) is 73.2 Å². The molecule has 4 nitrogen and oxygen atoms in total. The second-order valence-corrected chi connectivity index (χ2v) is 7.00. The maximum atomic E-state index is 6.27. The van der Waals surface area contributed by atoms with Gasteiger partial charge in [-0.1, -0.05) is 24.3 Å². The predicted molar refractivity (Wildman–Crippen MR) is 108 cm³/mol. The van der Waals surface area contributed by atoms with Crippen molar-refractivity contribution >= 4 is 0 Å². The van der Waals surface area contributed by atoms with Gasteiger partial charge in [0.1, 0.15) is 11.9 Å². The molecule has 0 unspecified atom stereocenters. The summed E-state index contributed by atoms with van der Waals surface area (Å²) in [5.41, 5.74) is 3.43. The Morgan fingerprint density at radius 3 is 2.59 bits per heavy atom. The van der Waals surface area contributed by atoms with Crippen LogP contribution in [0.1, 0.15) is 18.5 Å². The van der Waals surface area contributed by atoms with E-state index in [1.54, 1.807) is 6.20 Å². The molecule has 1 fully saturated rings. The van der Waals surface area contributed by atoms with E-state index in [0.717, 1.165) is 55.8 Å². The number of benzene rings is 1. The minimum atomic E-state index is 0.292. The lowest BCUT2D eigenvalue weighted by molar-refractivity contribution is 0.101. The number of hydrogen-bond donors (Lipinski definition) is 0. The first kappa shape index (κ1) is 17.7. The second kappa shape index (κ2) is 8.78. The number of nitrogens with zero attached hydrogens (tertiary/aromatic N) is 3. The quantitative estimate of drug-likeness (QED) is 0.660. The number of rotatable bonds is 6. The molecule has 0 aliphatic carbocycles. The standard InChI is InChI=1S/C23H25N3O/c1-2-13-25-21(7-1)9-14-26-15-10-22(11-16-26)27-23-8-3-5-19(17-23)20-6-4-12-24-18-20/h1-8,12-13,17-18,22H,9-11,14-16H2. The van der Waals surface area contributed by atoms with E-state index in [2.05, 4.69) is 51.3 Å². The van der Waals surface area contributed by atoms with Gasteiger partial charge in [0.25, 0.3) is 0 Å². The summed E-state index contributed by atoms with van der Waals surface area (Å²) in [6, 6.07) is 18.5. The maximum Gasteiger partial charge on any atom is 0.120 e. The van der Waals surface area contributed by atoms with E-state index < -0.39 is 0 Å². The summed E-state index contributed by atoms with van der Waals surface area (Å²) in [6.45, 7) is 3.24. The van der Waals surface area contributed by atoms with Crippen LogP contribution in [0.5, 0.6) is 5.75 Å². The van der Waals surface area contributed by atoms with E-state index >= 15 is 0 Å². The fourth-order valence-corrected chi connectivity index (χ4v) is 3.54. The molecule has 0 radical (unpaired) electrons. The van der Waals surface area contributed by atoms with Crippen LogP contribution in [0.4, 0.5) is 0 Å². The van der Waals surface area contributed by atoms with Crippen LogP contribution in [-0.4, -0.2) is 40.6 Å². The third kappa shape index (κ3) is 4.92. The highest BCUT2D eigenvalue weighted by molar-refractivity contribution is 5.63. The SMILES string of the molecule is c1ccc(CCN2CCC(Oc3cccc(-c4cccnc4)c3)CC2)nc1. The van der Waals surface area contributed by atoms with Gasteiger partial charge in [0.15, 0.2) is 0 Å². The molecular formula is C23H25N3O. The molecule has 1 aliphatic heterocycles. The van der Waals surface area contributed by atoms with Gasteiger partial charge in [-0.15, -0.1) is 0 Å². The lowest BCUT2D eigenvalue weighted by atomic mass is 10.1. The summed E-state index contributed by atoms with van der Waals surface area (Å²) in [6.07, 6.45) is 9.00. The molecule has 2 aromatic heterocycles. The van der Waals surface area contributed by atoms with Crippen LogP contribution in [0.2, 0.25) is 0 Å². The fraction of sp³-hybridized carbons (Fsp3) is 0.304. The molecule has 27 heavy (non-hydrogen) atoms. The molecule has 0 spiro atoms. The molecular weight excluding hydrogens is 334 g/mol. The monoisotopic (exact) mass is 359 g/mol. The number of hydrogen-bond acceptors (Lipinski definition) is 4. The van der Waals surface area contributed by atoms with Gasteiger partial charge in [0, 0.05) is 55.9 Å². The van der Waals surface area contributed by atoms with Crippen LogP contribution in [-0.2, 0) is 6.42 Å². The first-order chi connectivity index (χ1) is 13.4. The molecule has 138 valence electrons. The van der Waals surface area contributed by atoms with Crippen LogP contribution in [0.3, 0.4) is 0 Å². The average molecular weight is 359 g/mol. The number of likely N-dealkylation sites (tertiary alicyclic amines) is 1. The fourth-order valence-electron chi connectivity index (χ4n) is 3.54. The summed E-state index contributed by atoms with van der Waals surface area (Å²) >= 11 is 0. The number of piperidine rings is 1. The zero-order valence-electron chi connectivity index (χ0n) is 15.5. The molecule has 1 aliphatic rings. The molecule has 0 atom stereocenters. The molecule has 4 rings (SSSR count). The molecule has 3 heterocycles. The van der Waals surface area contributed by atoms with Crippen molar-refractivity contribution in [1.29, 1.82) is 0 Å². The van der Waals surface area contributed by atoms with Gasteiger partial charge in [0.2, 0.25) is 0 Å². The van der Waals surface area contributed by atoms with Crippen molar-refractivity contribution in [3.8, 4) is 16.9 Å². The Morgan fingerprint density at radius 2 is 1.81 bits per heavy atom. The van der Waals surface area contributed by atoms with Crippen LogP contribution >= 0.6 is 0 Å². The van der Waals surface area contributed by atoms with E-state index in [1.165, 1.54) is 5.69 Å². The second-order valence-electron chi connectivity index (χ2n) is 7.00. The van der Waals surface area contributed by atoms with Crippen molar-refractivity contribution in [2.24, 2.45) is 0 Å². The number of aromatic nitrogens is 2. The van der Waals surface area contributed by atoms with Gasteiger partial charge in [0.05, 0.1) is 0 Å². The Balaban J connectivity index is 1.28. The summed E-state index contributed by atoms with van der Waals surface area (Å²) in [4.78, 5) is 11.1. The zero-order valence-corrected chi connectivity index (χ0v) is 15.5. The van der Waals surface area contributed by atoms with Crippen molar-refractivity contribution < 1.29 is 4.74 Å². The Hall–Kier alpha value is -2.72. The molecule has 4 heteroatoms. The first-order valence-electron chi connectivity index (χ1n) is 9.66. The topological polar surface area (TPSA) is 38.2 Å². The van der Waals surface area contributed by atoms with Gasteiger partial charge in [-0.3, -0.25) is 9.97 Å². The molecule has 3 aromatic rings. The van der Waals surface area contributed by atoms with Gasteiger partial charge in [-0.25, -0.2) is 0 Å². The number of ether oxygens (including phenoxy) is 1. The molecule has 0 saturated carbocycles. The zero-order chi connectivity index (χ0) is 18.3. The summed E-state index contributed by atoms with van der Waals surface area (Å²) in [5, 5.41) is 0. The highest BCUT2D eigenvalue weighted by Crippen LogP contribution is 2.25. The van der Waals surface area contributed by atoms with Gasteiger partial charge >= 0.3 is 0 Å². The summed E-state index contributed by atoms with van der Waals surface area (Å²) in [5.74, 6) is 0.947. The average Bonchev–Trinajstić information content (AvgIpc) is 2.75. The van der Waals surface area contributed by atoms with Crippen molar-refractivity contribution in [2.75, 3.05) is 19.6 Å². The van der Waals surface area contributed by atoms with E-state index in [0.29, 0.717) is 6.10 Å². The van der Waals surface area contributed by atoms with Gasteiger partial charge in [-0.05, 0) is 48.7 Å². The van der Waals surface area contributed by atoms with Crippen molar-refractivity contribution in [3.05, 3.63) is 78.9 Å². The summed E-state index contributed by atoms with van der Waals surface area (Å²) < 4.78 is 6.27. The minimum absolute atomic E-state index is 0.292. The van der Waals surface area contributed by atoms with E-state index in [1.807, 2.05) is 30.6 Å².